The lowest BCUT2D eigenvalue weighted by molar-refractivity contribution is -0.133. The zero-order chi connectivity index (χ0) is 14.8. The second-order valence-electron chi connectivity index (χ2n) is 3.36. The van der Waals surface area contributed by atoms with Crippen LogP contribution in [0.1, 0.15) is 5.01 Å². The van der Waals surface area contributed by atoms with Crippen molar-refractivity contribution in [1.29, 1.82) is 0 Å². The number of carbonyl (C=O) groups is 1. The number of aliphatic carboxylic acids is 1. The van der Waals surface area contributed by atoms with Gasteiger partial charge in [-0.05, 0) is 6.92 Å². The normalized spacial score (nSPS) is 11.4. The van der Waals surface area contributed by atoms with Crippen LogP contribution < -0.4 is 4.72 Å². The first kappa shape index (κ1) is 15.2. The van der Waals surface area contributed by atoms with Crippen LogP contribution in [0, 0.1) is 6.92 Å². The summed E-state index contributed by atoms with van der Waals surface area (Å²) in [5, 5.41) is 16.6. The molecule has 0 radical (unpaired) electrons. The molecule has 0 aliphatic heterocycles. The lowest BCUT2D eigenvalue weighted by Gasteiger charge is -1.99. The molecule has 0 bridgehead atoms. The van der Waals surface area contributed by atoms with E-state index in [2.05, 4.69) is 19.9 Å². The molecule has 2 aromatic rings. The maximum absolute atomic E-state index is 12.0. The topological polar surface area (TPSA) is 122 Å². The molecule has 0 saturated heterocycles. The van der Waals surface area contributed by atoms with Gasteiger partial charge in [0.15, 0.2) is 8.55 Å². The molecular weight excluding hydrogens is 344 g/mol. The minimum atomic E-state index is -3.72. The zero-order valence-electron chi connectivity index (χ0n) is 9.93. The molecule has 2 rings (SSSR count). The second-order valence-corrected chi connectivity index (χ2v) is 8.70. The summed E-state index contributed by atoms with van der Waals surface area (Å²) in [5.41, 5.74) is 0. The molecule has 0 aromatic carbocycles. The summed E-state index contributed by atoms with van der Waals surface area (Å²) < 4.78 is 26.7. The van der Waals surface area contributed by atoms with Crippen LogP contribution in [0.15, 0.2) is 14.7 Å². The number of thiazole rings is 1. The average molecular weight is 352 g/mol. The summed E-state index contributed by atoms with van der Waals surface area (Å²) in [5.74, 6) is -1.14. The van der Waals surface area contributed by atoms with E-state index in [1.165, 1.54) is 6.20 Å². The third kappa shape index (κ3) is 3.88. The Hall–Kier alpha value is -1.24. The minimum absolute atomic E-state index is 0.0870. The Morgan fingerprint density at radius 3 is 2.80 bits per heavy atom. The number of rotatable bonds is 6. The summed E-state index contributed by atoms with van der Waals surface area (Å²) >= 11 is 3.00. The second kappa shape index (κ2) is 6.03. The van der Waals surface area contributed by atoms with Gasteiger partial charge in [0.05, 0.1) is 17.0 Å². The number of hydrogen-bond acceptors (Lipinski definition) is 9. The van der Waals surface area contributed by atoms with Crippen molar-refractivity contribution in [3.8, 4) is 0 Å². The van der Waals surface area contributed by atoms with E-state index in [-0.39, 0.29) is 15.1 Å². The first-order valence-electron chi connectivity index (χ1n) is 5.00. The standard InChI is InChI=1S/C8H8N4O4S4/c1-4-9-2-6(18-4)20(15,16)12-7-10-11-8(19-7)17-3-5(13)14/h2H,3H2,1H3,(H,10,12)(H,13,14). The van der Waals surface area contributed by atoms with Gasteiger partial charge in [-0.15, -0.1) is 21.5 Å². The Morgan fingerprint density at radius 1 is 1.45 bits per heavy atom. The van der Waals surface area contributed by atoms with E-state index in [9.17, 15) is 13.2 Å². The number of nitrogens with zero attached hydrogens (tertiary/aromatic N) is 3. The van der Waals surface area contributed by atoms with Crippen LogP contribution in [0.2, 0.25) is 0 Å². The van der Waals surface area contributed by atoms with E-state index >= 15 is 0 Å². The van der Waals surface area contributed by atoms with Gasteiger partial charge in [-0.2, -0.15) is 0 Å². The molecule has 0 spiro atoms. The van der Waals surface area contributed by atoms with E-state index < -0.39 is 16.0 Å². The fourth-order valence-corrected chi connectivity index (χ4v) is 4.87. The van der Waals surface area contributed by atoms with E-state index in [4.69, 9.17) is 5.11 Å². The molecule has 0 atom stereocenters. The smallest absolute Gasteiger partial charge is 0.313 e. The summed E-state index contributed by atoms with van der Waals surface area (Å²) in [4.78, 5) is 14.3. The average Bonchev–Trinajstić information content (AvgIpc) is 2.95. The van der Waals surface area contributed by atoms with Gasteiger partial charge < -0.3 is 5.11 Å². The first-order chi connectivity index (χ1) is 9.37. The Bertz CT molecular complexity index is 722. The Kier molecular flexibility index (Phi) is 4.57. The Balaban J connectivity index is 2.08. The molecule has 2 aromatic heterocycles. The lowest BCUT2D eigenvalue weighted by atomic mass is 10.8. The number of anilines is 1. The monoisotopic (exact) mass is 352 g/mol. The van der Waals surface area contributed by atoms with Crippen LogP contribution >= 0.6 is 34.4 Å². The van der Waals surface area contributed by atoms with E-state index in [1.807, 2.05) is 0 Å². The molecule has 108 valence electrons. The number of aromatic nitrogens is 3. The number of thioether (sulfide) groups is 1. The maximum Gasteiger partial charge on any atom is 0.313 e. The van der Waals surface area contributed by atoms with Crippen molar-refractivity contribution in [2.24, 2.45) is 0 Å². The molecular formula is C8H8N4O4S4. The third-order valence-electron chi connectivity index (χ3n) is 1.81. The molecule has 20 heavy (non-hydrogen) atoms. The fraction of sp³-hybridized carbons (Fsp3) is 0.250. The number of carboxylic acids is 1. The van der Waals surface area contributed by atoms with Crippen molar-refractivity contribution >= 4 is 55.6 Å². The number of nitrogens with one attached hydrogen (secondary N) is 1. The predicted molar refractivity (Wildman–Crippen MR) is 75.9 cm³/mol. The highest BCUT2D eigenvalue weighted by Gasteiger charge is 2.19. The number of carboxylic acid groups (broad SMARTS) is 1. The van der Waals surface area contributed by atoms with Crippen LogP contribution in [0.5, 0.6) is 0 Å². The summed E-state index contributed by atoms with van der Waals surface area (Å²) in [6, 6.07) is 0. The summed E-state index contributed by atoms with van der Waals surface area (Å²) in [6.45, 7) is 1.70. The van der Waals surface area contributed by atoms with Crippen LogP contribution in [0.4, 0.5) is 5.13 Å². The Labute approximate surface area is 126 Å². The fourth-order valence-electron chi connectivity index (χ4n) is 1.06. The van der Waals surface area contributed by atoms with Gasteiger partial charge in [-0.1, -0.05) is 23.1 Å². The van der Waals surface area contributed by atoms with Crippen LogP contribution in [-0.4, -0.2) is 40.4 Å². The number of aryl methyl sites for hydroxylation is 1. The highest BCUT2D eigenvalue weighted by Crippen LogP contribution is 2.28. The largest absolute Gasteiger partial charge is 0.481 e. The van der Waals surface area contributed by atoms with Crippen molar-refractivity contribution in [2.75, 3.05) is 10.5 Å². The summed E-state index contributed by atoms with van der Waals surface area (Å²) in [6.07, 6.45) is 1.27. The Morgan fingerprint density at radius 2 is 2.20 bits per heavy atom. The van der Waals surface area contributed by atoms with Crippen molar-refractivity contribution in [3.63, 3.8) is 0 Å². The number of hydrogen-bond donors (Lipinski definition) is 2. The van der Waals surface area contributed by atoms with Gasteiger partial charge in [-0.3, -0.25) is 9.52 Å². The first-order valence-corrected chi connectivity index (χ1v) is 9.10. The van der Waals surface area contributed by atoms with Crippen molar-refractivity contribution < 1.29 is 18.3 Å². The molecule has 0 amide bonds. The van der Waals surface area contributed by atoms with E-state index in [0.29, 0.717) is 9.35 Å². The SMILES string of the molecule is Cc1ncc(S(=O)(=O)Nc2nnc(SCC(=O)O)s2)s1. The lowest BCUT2D eigenvalue weighted by Crippen LogP contribution is -2.11. The van der Waals surface area contributed by atoms with Gasteiger partial charge in [0, 0.05) is 0 Å². The molecule has 0 saturated carbocycles. The van der Waals surface area contributed by atoms with Gasteiger partial charge in [0.25, 0.3) is 10.0 Å². The van der Waals surface area contributed by atoms with E-state index in [1.54, 1.807) is 6.92 Å². The molecule has 0 aliphatic rings. The molecule has 8 nitrogen and oxygen atoms in total. The molecule has 2 N–H and O–H groups in total. The number of sulfonamides is 1. The van der Waals surface area contributed by atoms with Gasteiger partial charge in [0.1, 0.15) is 0 Å². The maximum atomic E-state index is 12.0. The van der Waals surface area contributed by atoms with Crippen LogP contribution in [0.25, 0.3) is 0 Å². The molecule has 0 aliphatic carbocycles. The molecule has 2 heterocycles. The van der Waals surface area contributed by atoms with Gasteiger partial charge in [0.2, 0.25) is 5.13 Å². The summed E-state index contributed by atoms with van der Waals surface area (Å²) in [7, 11) is -3.72. The van der Waals surface area contributed by atoms with Crippen LogP contribution in [0.3, 0.4) is 0 Å². The highest BCUT2D eigenvalue weighted by molar-refractivity contribution is 8.01. The van der Waals surface area contributed by atoms with E-state index in [0.717, 1.165) is 34.4 Å². The van der Waals surface area contributed by atoms with Crippen molar-refractivity contribution in [2.45, 2.75) is 15.5 Å². The quantitative estimate of drug-likeness (QED) is 0.746. The van der Waals surface area contributed by atoms with Gasteiger partial charge >= 0.3 is 5.97 Å². The minimum Gasteiger partial charge on any atom is -0.481 e. The zero-order valence-corrected chi connectivity index (χ0v) is 13.2. The van der Waals surface area contributed by atoms with Crippen molar-refractivity contribution in [3.05, 3.63) is 11.2 Å². The highest BCUT2D eigenvalue weighted by atomic mass is 32.2. The van der Waals surface area contributed by atoms with Crippen molar-refractivity contribution in [1.82, 2.24) is 15.2 Å². The molecule has 0 unspecified atom stereocenters. The third-order valence-corrected chi connectivity index (χ3v) is 6.61. The van der Waals surface area contributed by atoms with Gasteiger partial charge in [-0.25, -0.2) is 13.4 Å². The molecule has 12 heteroatoms. The van der Waals surface area contributed by atoms with Crippen LogP contribution in [-0.2, 0) is 14.8 Å². The molecule has 0 fully saturated rings. The predicted octanol–water partition coefficient (Wildman–Crippen LogP) is 1.28.